The van der Waals surface area contributed by atoms with Crippen LogP contribution in [0, 0.1) is 17.1 Å². The Morgan fingerprint density at radius 3 is 1.96 bits per heavy atom. The number of hydrogen-bond acceptors (Lipinski definition) is 1. The first kappa shape index (κ1) is 17.9. The quantitative estimate of drug-likeness (QED) is 0.530. The summed E-state index contributed by atoms with van der Waals surface area (Å²) >= 11 is 0. The predicted octanol–water partition coefficient (Wildman–Crippen LogP) is 6.10. The zero-order valence-corrected chi connectivity index (χ0v) is 15.0. The Kier molecular flexibility index (Phi) is 5.81. The van der Waals surface area contributed by atoms with E-state index in [4.69, 9.17) is 5.26 Å². The highest BCUT2D eigenvalue weighted by Crippen LogP contribution is 2.21. The van der Waals surface area contributed by atoms with Gasteiger partial charge >= 0.3 is 0 Å². The predicted molar refractivity (Wildman–Crippen MR) is 104 cm³/mol. The standard InChI is InChI=1S/C24H22FN/c1-2-3-19-7-15-23(24(25)16-19)14-6-18-4-10-21(11-5-18)22-12-8-20(17-26)9-13-22/h4-5,7-13,15-16H,2-3,6,14H2,1H3. The van der Waals surface area contributed by atoms with Gasteiger partial charge in [-0.2, -0.15) is 5.26 Å². The molecule has 3 aromatic rings. The van der Waals surface area contributed by atoms with Crippen LogP contribution in [-0.4, -0.2) is 0 Å². The van der Waals surface area contributed by atoms with E-state index in [0.717, 1.165) is 41.5 Å². The minimum absolute atomic E-state index is 0.0925. The van der Waals surface area contributed by atoms with E-state index in [0.29, 0.717) is 12.0 Å². The molecular weight excluding hydrogens is 321 g/mol. The molecule has 0 saturated carbocycles. The first-order chi connectivity index (χ1) is 12.7. The molecule has 0 aliphatic heterocycles. The van der Waals surface area contributed by atoms with Gasteiger partial charge in [-0.05, 0) is 65.3 Å². The number of nitrogens with zero attached hydrogens (tertiary/aromatic N) is 1. The minimum Gasteiger partial charge on any atom is -0.207 e. The van der Waals surface area contributed by atoms with Crippen LogP contribution in [0.5, 0.6) is 0 Å². The molecule has 130 valence electrons. The fraction of sp³-hybridized carbons (Fsp3) is 0.208. The van der Waals surface area contributed by atoms with Gasteiger partial charge in [0.05, 0.1) is 11.6 Å². The van der Waals surface area contributed by atoms with Crippen molar-refractivity contribution < 1.29 is 4.39 Å². The van der Waals surface area contributed by atoms with Gasteiger partial charge in [0.25, 0.3) is 0 Å². The van der Waals surface area contributed by atoms with Crippen LogP contribution in [0.15, 0.2) is 66.7 Å². The molecule has 0 aliphatic rings. The summed E-state index contributed by atoms with van der Waals surface area (Å²) in [4.78, 5) is 0. The zero-order valence-electron chi connectivity index (χ0n) is 15.0. The van der Waals surface area contributed by atoms with Crippen LogP contribution in [0.2, 0.25) is 0 Å². The maximum absolute atomic E-state index is 14.2. The van der Waals surface area contributed by atoms with E-state index < -0.39 is 0 Å². The highest BCUT2D eigenvalue weighted by Gasteiger charge is 2.05. The number of aryl methyl sites for hydroxylation is 3. The van der Waals surface area contributed by atoms with E-state index in [-0.39, 0.29) is 5.82 Å². The summed E-state index contributed by atoms with van der Waals surface area (Å²) in [5, 5.41) is 8.87. The van der Waals surface area contributed by atoms with Crippen molar-refractivity contribution in [2.24, 2.45) is 0 Å². The van der Waals surface area contributed by atoms with Crippen molar-refractivity contribution in [3.8, 4) is 17.2 Å². The molecule has 3 rings (SSSR count). The molecule has 2 heteroatoms. The van der Waals surface area contributed by atoms with Crippen molar-refractivity contribution in [3.05, 3.63) is 94.8 Å². The van der Waals surface area contributed by atoms with E-state index in [9.17, 15) is 4.39 Å². The van der Waals surface area contributed by atoms with E-state index in [2.05, 4.69) is 37.3 Å². The molecule has 3 aromatic carbocycles. The third-order valence-electron chi connectivity index (χ3n) is 4.64. The molecule has 0 N–H and O–H groups in total. The Balaban J connectivity index is 1.65. The summed E-state index contributed by atoms with van der Waals surface area (Å²) < 4.78 is 14.2. The van der Waals surface area contributed by atoms with Gasteiger partial charge in [0.15, 0.2) is 0 Å². The highest BCUT2D eigenvalue weighted by molar-refractivity contribution is 5.64. The Morgan fingerprint density at radius 2 is 1.38 bits per heavy atom. The summed E-state index contributed by atoms with van der Waals surface area (Å²) in [6.07, 6.45) is 3.48. The molecule has 0 spiro atoms. The lowest BCUT2D eigenvalue weighted by Crippen LogP contribution is -1.96. The summed E-state index contributed by atoms with van der Waals surface area (Å²) in [5.41, 5.74) is 5.92. The molecule has 26 heavy (non-hydrogen) atoms. The molecule has 0 fully saturated rings. The van der Waals surface area contributed by atoms with Crippen molar-refractivity contribution in [3.63, 3.8) is 0 Å². The first-order valence-electron chi connectivity index (χ1n) is 9.06. The second kappa shape index (κ2) is 8.45. The summed E-state index contributed by atoms with van der Waals surface area (Å²) in [6.45, 7) is 2.10. The third kappa shape index (κ3) is 4.37. The lowest BCUT2D eigenvalue weighted by molar-refractivity contribution is 0.606. The number of halogens is 1. The number of rotatable bonds is 6. The van der Waals surface area contributed by atoms with E-state index >= 15 is 0 Å². The molecular formula is C24H22FN. The minimum atomic E-state index is -0.0925. The molecule has 0 amide bonds. The monoisotopic (exact) mass is 343 g/mol. The van der Waals surface area contributed by atoms with Gasteiger partial charge in [-0.3, -0.25) is 0 Å². The molecule has 0 saturated heterocycles. The number of hydrogen-bond donors (Lipinski definition) is 0. The topological polar surface area (TPSA) is 23.8 Å². The van der Waals surface area contributed by atoms with Gasteiger partial charge in [-0.15, -0.1) is 0 Å². The van der Waals surface area contributed by atoms with Crippen LogP contribution in [0.3, 0.4) is 0 Å². The van der Waals surface area contributed by atoms with Gasteiger partial charge in [0.1, 0.15) is 5.82 Å². The molecule has 0 heterocycles. The summed E-state index contributed by atoms with van der Waals surface area (Å²) in [7, 11) is 0. The van der Waals surface area contributed by atoms with Crippen LogP contribution in [0.1, 0.15) is 35.6 Å². The number of benzene rings is 3. The van der Waals surface area contributed by atoms with Gasteiger partial charge in [0, 0.05) is 0 Å². The van der Waals surface area contributed by atoms with Crippen LogP contribution in [0.25, 0.3) is 11.1 Å². The van der Waals surface area contributed by atoms with Crippen molar-refractivity contribution in [2.75, 3.05) is 0 Å². The largest absolute Gasteiger partial charge is 0.207 e. The van der Waals surface area contributed by atoms with Crippen LogP contribution < -0.4 is 0 Å². The smallest absolute Gasteiger partial charge is 0.126 e. The SMILES string of the molecule is CCCc1ccc(CCc2ccc(-c3ccc(C#N)cc3)cc2)c(F)c1. The third-order valence-corrected chi connectivity index (χ3v) is 4.64. The van der Waals surface area contributed by atoms with Crippen LogP contribution >= 0.6 is 0 Å². The summed E-state index contributed by atoms with van der Waals surface area (Å²) in [5.74, 6) is -0.0925. The molecule has 0 unspecified atom stereocenters. The van der Waals surface area contributed by atoms with Gasteiger partial charge in [-0.1, -0.05) is 61.9 Å². The van der Waals surface area contributed by atoms with Crippen molar-refractivity contribution in [1.82, 2.24) is 0 Å². The lowest BCUT2D eigenvalue weighted by atomic mass is 9.99. The highest BCUT2D eigenvalue weighted by atomic mass is 19.1. The summed E-state index contributed by atoms with van der Waals surface area (Å²) in [6, 6.07) is 23.7. The first-order valence-corrected chi connectivity index (χ1v) is 9.06. The van der Waals surface area contributed by atoms with E-state index in [1.54, 1.807) is 6.07 Å². The fourth-order valence-electron chi connectivity index (χ4n) is 3.12. The molecule has 1 nitrogen and oxygen atoms in total. The lowest BCUT2D eigenvalue weighted by Gasteiger charge is -2.07. The molecule has 0 bridgehead atoms. The van der Waals surface area contributed by atoms with Gasteiger partial charge in [0.2, 0.25) is 0 Å². The molecule has 0 radical (unpaired) electrons. The van der Waals surface area contributed by atoms with Gasteiger partial charge in [-0.25, -0.2) is 4.39 Å². The second-order valence-electron chi connectivity index (χ2n) is 6.56. The van der Waals surface area contributed by atoms with Crippen molar-refractivity contribution in [1.29, 1.82) is 5.26 Å². The van der Waals surface area contributed by atoms with Crippen molar-refractivity contribution in [2.45, 2.75) is 32.6 Å². The average molecular weight is 343 g/mol. The second-order valence-corrected chi connectivity index (χ2v) is 6.56. The Morgan fingerprint density at radius 1 is 0.769 bits per heavy atom. The van der Waals surface area contributed by atoms with E-state index in [1.165, 1.54) is 5.56 Å². The molecule has 0 aromatic heterocycles. The van der Waals surface area contributed by atoms with Gasteiger partial charge < -0.3 is 0 Å². The number of nitriles is 1. The Hall–Kier alpha value is -2.92. The maximum Gasteiger partial charge on any atom is 0.126 e. The molecule has 0 aliphatic carbocycles. The maximum atomic E-state index is 14.2. The van der Waals surface area contributed by atoms with Crippen LogP contribution in [-0.2, 0) is 19.3 Å². The van der Waals surface area contributed by atoms with Crippen LogP contribution in [0.4, 0.5) is 4.39 Å². The Labute approximate surface area is 154 Å². The van der Waals surface area contributed by atoms with E-state index in [1.807, 2.05) is 36.4 Å². The normalized spacial score (nSPS) is 10.5. The fourth-order valence-corrected chi connectivity index (χ4v) is 3.12. The zero-order chi connectivity index (χ0) is 18.4. The van der Waals surface area contributed by atoms with Crippen molar-refractivity contribution >= 4 is 0 Å². The average Bonchev–Trinajstić information content (AvgIpc) is 2.68. The Bertz CT molecular complexity index is 902. The molecule has 0 atom stereocenters.